The van der Waals surface area contributed by atoms with Crippen LogP contribution >= 0.6 is 0 Å². The van der Waals surface area contributed by atoms with Crippen molar-refractivity contribution < 1.29 is 14.9 Å². The van der Waals surface area contributed by atoms with E-state index in [1.54, 1.807) is 12.1 Å². The number of phenols is 2. The highest BCUT2D eigenvalue weighted by molar-refractivity contribution is 5.50. The molecule has 4 heteroatoms. The summed E-state index contributed by atoms with van der Waals surface area (Å²) in [6.45, 7) is 3.64. The number of hydrogen-bond acceptors (Lipinski definition) is 4. The first-order chi connectivity index (χ1) is 10.7. The number of nitrogens with one attached hydrogen (secondary N) is 1. The summed E-state index contributed by atoms with van der Waals surface area (Å²) in [6.07, 6.45) is 1.83. The predicted molar refractivity (Wildman–Crippen MR) is 85.5 cm³/mol. The highest BCUT2D eigenvalue weighted by Crippen LogP contribution is 2.36. The van der Waals surface area contributed by atoms with Crippen molar-refractivity contribution in [1.29, 1.82) is 0 Å². The first-order valence-electron chi connectivity index (χ1n) is 7.70. The molecule has 116 valence electrons. The van der Waals surface area contributed by atoms with E-state index in [1.165, 1.54) is 0 Å². The SMILES string of the molecule is CCCOc1ccc(C2NCCc3cc(O)c(O)cc32)cc1. The summed E-state index contributed by atoms with van der Waals surface area (Å²) in [5.41, 5.74) is 3.21. The number of fused-ring (bicyclic) bond motifs is 1. The quantitative estimate of drug-likeness (QED) is 0.759. The lowest BCUT2D eigenvalue weighted by molar-refractivity contribution is 0.317. The number of hydrogen-bond donors (Lipinski definition) is 3. The smallest absolute Gasteiger partial charge is 0.157 e. The maximum Gasteiger partial charge on any atom is 0.157 e. The van der Waals surface area contributed by atoms with Crippen LogP contribution in [0.2, 0.25) is 0 Å². The highest BCUT2D eigenvalue weighted by Gasteiger charge is 2.23. The van der Waals surface area contributed by atoms with Crippen LogP contribution in [0.25, 0.3) is 0 Å². The molecule has 0 bridgehead atoms. The van der Waals surface area contributed by atoms with Gasteiger partial charge in [0.25, 0.3) is 0 Å². The molecule has 1 aliphatic rings. The lowest BCUT2D eigenvalue weighted by Gasteiger charge is -2.28. The van der Waals surface area contributed by atoms with Crippen molar-refractivity contribution in [2.75, 3.05) is 13.2 Å². The third-order valence-corrected chi connectivity index (χ3v) is 3.98. The molecule has 4 nitrogen and oxygen atoms in total. The number of aromatic hydroxyl groups is 2. The molecule has 0 saturated heterocycles. The maximum absolute atomic E-state index is 9.78. The van der Waals surface area contributed by atoms with E-state index in [-0.39, 0.29) is 17.5 Å². The van der Waals surface area contributed by atoms with Crippen LogP contribution in [0.4, 0.5) is 0 Å². The zero-order valence-electron chi connectivity index (χ0n) is 12.7. The van der Waals surface area contributed by atoms with Crippen molar-refractivity contribution in [3.05, 3.63) is 53.1 Å². The average Bonchev–Trinajstić information content (AvgIpc) is 2.54. The summed E-state index contributed by atoms with van der Waals surface area (Å²) in [6, 6.07) is 11.4. The van der Waals surface area contributed by atoms with E-state index in [0.29, 0.717) is 0 Å². The molecule has 2 aromatic rings. The minimum absolute atomic E-state index is 0.0236. The number of benzene rings is 2. The van der Waals surface area contributed by atoms with Crippen molar-refractivity contribution in [2.45, 2.75) is 25.8 Å². The van der Waals surface area contributed by atoms with Crippen LogP contribution in [0.5, 0.6) is 17.2 Å². The molecule has 0 spiro atoms. The van der Waals surface area contributed by atoms with Crippen LogP contribution in [-0.2, 0) is 6.42 Å². The van der Waals surface area contributed by atoms with Crippen LogP contribution in [0, 0.1) is 0 Å². The average molecular weight is 299 g/mol. The Labute approximate surface area is 130 Å². The molecule has 0 aromatic heterocycles. The van der Waals surface area contributed by atoms with Gasteiger partial charge >= 0.3 is 0 Å². The van der Waals surface area contributed by atoms with Crippen molar-refractivity contribution in [2.24, 2.45) is 0 Å². The molecule has 0 radical (unpaired) electrons. The van der Waals surface area contributed by atoms with Crippen LogP contribution in [0.3, 0.4) is 0 Å². The van der Waals surface area contributed by atoms with E-state index < -0.39 is 0 Å². The molecular weight excluding hydrogens is 278 g/mol. The molecule has 3 N–H and O–H groups in total. The third kappa shape index (κ3) is 2.88. The first kappa shape index (κ1) is 14.7. The lowest BCUT2D eigenvalue weighted by atomic mass is 9.89. The van der Waals surface area contributed by atoms with Gasteiger partial charge in [0.2, 0.25) is 0 Å². The summed E-state index contributed by atoms with van der Waals surface area (Å²) in [4.78, 5) is 0. The minimum Gasteiger partial charge on any atom is -0.504 e. The standard InChI is InChI=1S/C18H21NO3/c1-2-9-22-14-5-3-12(4-6-14)18-15-11-17(21)16(20)10-13(15)7-8-19-18/h3-6,10-11,18-21H,2,7-9H2,1H3. The molecule has 2 aromatic carbocycles. The second-order valence-electron chi connectivity index (χ2n) is 5.59. The molecule has 1 unspecified atom stereocenters. The van der Waals surface area contributed by atoms with Gasteiger partial charge < -0.3 is 20.3 Å². The number of rotatable bonds is 4. The minimum atomic E-state index is -0.0738. The molecule has 1 atom stereocenters. The Morgan fingerprint density at radius 2 is 1.86 bits per heavy atom. The fourth-order valence-electron chi connectivity index (χ4n) is 2.86. The van der Waals surface area contributed by atoms with Gasteiger partial charge in [-0.2, -0.15) is 0 Å². The van der Waals surface area contributed by atoms with E-state index in [9.17, 15) is 10.2 Å². The molecule has 0 amide bonds. The zero-order chi connectivity index (χ0) is 15.5. The van der Waals surface area contributed by atoms with Crippen molar-refractivity contribution in [3.63, 3.8) is 0 Å². The van der Waals surface area contributed by atoms with Gasteiger partial charge in [-0.15, -0.1) is 0 Å². The first-order valence-corrected chi connectivity index (χ1v) is 7.70. The van der Waals surface area contributed by atoms with Crippen LogP contribution in [-0.4, -0.2) is 23.4 Å². The molecule has 0 aliphatic carbocycles. The maximum atomic E-state index is 9.78. The second kappa shape index (κ2) is 6.28. The Morgan fingerprint density at radius 1 is 1.14 bits per heavy atom. The van der Waals surface area contributed by atoms with Crippen molar-refractivity contribution in [3.8, 4) is 17.2 Å². The normalized spacial score (nSPS) is 17.0. The third-order valence-electron chi connectivity index (χ3n) is 3.98. The number of ether oxygens (including phenoxy) is 1. The summed E-state index contributed by atoms with van der Waals surface area (Å²) in [7, 11) is 0. The Balaban J connectivity index is 1.89. The molecule has 22 heavy (non-hydrogen) atoms. The van der Waals surface area contributed by atoms with Gasteiger partial charge in [-0.05, 0) is 53.8 Å². The Kier molecular flexibility index (Phi) is 4.20. The monoisotopic (exact) mass is 299 g/mol. The summed E-state index contributed by atoms with van der Waals surface area (Å²) in [5, 5.41) is 22.9. The van der Waals surface area contributed by atoms with Crippen LogP contribution in [0.1, 0.15) is 36.1 Å². The molecule has 0 saturated carbocycles. The summed E-state index contributed by atoms with van der Waals surface area (Å²) < 4.78 is 5.61. The van der Waals surface area contributed by atoms with Gasteiger partial charge in [0.15, 0.2) is 11.5 Å². The summed E-state index contributed by atoms with van der Waals surface area (Å²) in [5.74, 6) is 0.744. The van der Waals surface area contributed by atoms with Gasteiger partial charge in [0.05, 0.1) is 12.6 Å². The summed E-state index contributed by atoms with van der Waals surface area (Å²) >= 11 is 0. The van der Waals surface area contributed by atoms with E-state index >= 15 is 0 Å². The number of phenolic OH excluding ortho intramolecular Hbond substituents is 2. The fraction of sp³-hybridized carbons (Fsp3) is 0.333. The van der Waals surface area contributed by atoms with E-state index in [1.807, 2.05) is 24.3 Å². The van der Waals surface area contributed by atoms with E-state index in [2.05, 4.69) is 12.2 Å². The Morgan fingerprint density at radius 3 is 2.59 bits per heavy atom. The Hall–Kier alpha value is -2.20. The molecule has 0 fully saturated rings. The highest BCUT2D eigenvalue weighted by atomic mass is 16.5. The zero-order valence-corrected chi connectivity index (χ0v) is 12.7. The lowest BCUT2D eigenvalue weighted by Crippen LogP contribution is -2.30. The molecule has 3 rings (SSSR count). The van der Waals surface area contributed by atoms with Crippen molar-refractivity contribution in [1.82, 2.24) is 5.32 Å². The molecule has 1 heterocycles. The molecular formula is C18H21NO3. The Bertz CT molecular complexity index is 652. The largest absolute Gasteiger partial charge is 0.504 e. The van der Waals surface area contributed by atoms with Crippen LogP contribution in [0.15, 0.2) is 36.4 Å². The van der Waals surface area contributed by atoms with Crippen LogP contribution < -0.4 is 10.1 Å². The predicted octanol–water partition coefficient (Wildman–Crippen LogP) is 3.12. The van der Waals surface area contributed by atoms with E-state index in [0.717, 1.165) is 48.4 Å². The van der Waals surface area contributed by atoms with Gasteiger partial charge in [-0.1, -0.05) is 19.1 Å². The fourth-order valence-corrected chi connectivity index (χ4v) is 2.86. The van der Waals surface area contributed by atoms with E-state index in [4.69, 9.17) is 4.74 Å². The van der Waals surface area contributed by atoms with Gasteiger partial charge in [0.1, 0.15) is 5.75 Å². The van der Waals surface area contributed by atoms with Crippen molar-refractivity contribution >= 4 is 0 Å². The van der Waals surface area contributed by atoms with Gasteiger partial charge in [0, 0.05) is 6.54 Å². The van der Waals surface area contributed by atoms with Gasteiger partial charge in [-0.3, -0.25) is 0 Å². The second-order valence-corrected chi connectivity index (χ2v) is 5.59. The topological polar surface area (TPSA) is 61.7 Å². The van der Waals surface area contributed by atoms with Gasteiger partial charge in [-0.25, -0.2) is 0 Å². The molecule has 1 aliphatic heterocycles.